The number of fused-ring (bicyclic) bond motifs is 1. The van der Waals surface area contributed by atoms with Crippen molar-refractivity contribution in [3.05, 3.63) is 20.8 Å². The first-order chi connectivity index (χ1) is 8.02. The zero-order valence-corrected chi connectivity index (χ0v) is 10.8. The van der Waals surface area contributed by atoms with Crippen molar-refractivity contribution in [3.8, 4) is 0 Å². The second-order valence-corrected chi connectivity index (χ2v) is 6.04. The van der Waals surface area contributed by atoms with Crippen LogP contribution in [0.2, 0.25) is 4.34 Å². The molecule has 0 aliphatic heterocycles. The maximum atomic E-state index is 13.0. The number of hydrogen-bond acceptors (Lipinski definition) is 3. The van der Waals surface area contributed by atoms with E-state index in [-0.39, 0.29) is 6.04 Å². The number of halogens is 3. The van der Waals surface area contributed by atoms with E-state index in [2.05, 4.69) is 5.32 Å². The summed E-state index contributed by atoms with van der Waals surface area (Å²) < 4.78 is 26.6. The van der Waals surface area contributed by atoms with Gasteiger partial charge in [0.05, 0.1) is 10.9 Å². The van der Waals surface area contributed by atoms with Crippen molar-refractivity contribution in [2.24, 2.45) is 0 Å². The van der Waals surface area contributed by atoms with Crippen LogP contribution in [-0.4, -0.2) is 24.2 Å². The molecule has 0 aromatic carbocycles. The number of aryl methyl sites for hydroxylation is 1. The Balaban J connectivity index is 2.03. The highest BCUT2D eigenvalue weighted by molar-refractivity contribution is 7.16. The molecule has 0 saturated carbocycles. The summed E-state index contributed by atoms with van der Waals surface area (Å²) in [5.74, 6) is -3.06. The van der Waals surface area contributed by atoms with Crippen LogP contribution in [0.1, 0.15) is 29.3 Å². The number of aliphatic hydroxyl groups excluding tert-OH is 1. The SMILES string of the molecule is OCC(F)(F)CNC1CCCc2sc(Cl)cc21. The molecule has 0 bridgehead atoms. The Labute approximate surface area is 108 Å². The van der Waals surface area contributed by atoms with E-state index < -0.39 is 19.1 Å². The Bertz CT molecular complexity index is 397. The smallest absolute Gasteiger partial charge is 0.282 e. The van der Waals surface area contributed by atoms with Crippen LogP contribution >= 0.6 is 22.9 Å². The molecule has 0 amide bonds. The Hall–Kier alpha value is -0.230. The molecule has 1 aromatic heterocycles. The highest BCUT2D eigenvalue weighted by Crippen LogP contribution is 2.37. The van der Waals surface area contributed by atoms with Crippen molar-refractivity contribution in [1.82, 2.24) is 5.32 Å². The zero-order valence-electron chi connectivity index (χ0n) is 9.18. The molecule has 1 atom stereocenters. The zero-order chi connectivity index (χ0) is 12.5. The van der Waals surface area contributed by atoms with E-state index in [1.54, 1.807) is 0 Å². The van der Waals surface area contributed by atoms with Gasteiger partial charge in [-0.15, -0.1) is 11.3 Å². The minimum Gasteiger partial charge on any atom is -0.390 e. The number of thiophene rings is 1. The van der Waals surface area contributed by atoms with E-state index in [0.717, 1.165) is 24.8 Å². The maximum absolute atomic E-state index is 13.0. The second-order valence-electron chi connectivity index (χ2n) is 4.27. The summed E-state index contributed by atoms with van der Waals surface area (Å²) in [7, 11) is 0. The summed E-state index contributed by atoms with van der Waals surface area (Å²) >= 11 is 7.46. The van der Waals surface area contributed by atoms with Crippen LogP contribution in [0, 0.1) is 0 Å². The number of alkyl halides is 2. The second kappa shape index (κ2) is 5.18. The van der Waals surface area contributed by atoms with Gasteiger partial charge in [0.25, 0.3) is 5.92 Å². The van der Waals surface area contributed by atoms with E-state index in [1.807, 2.05) is 6.07 Å². The number of rotatable bonds is 4. The average Bonchev–Trinajstić information content (AvgIpc) is 2.67. The third kappa shape index (κ3) is 3.16. The summed E-state index contributed by atoms with van der Waals surface area (Å²) in [6, 6.07) is 1.79. The lowest BCUT2D eigenvalue weighted by atomic mass is 9.94. The molecule has 0 spiro atoms. The quantitative estimate of drug-likeness (QED) is 0.889. The van der Waals surface area contributed by atoms with Gasteiger partial charge < -0.3 is 10.4 Å². The minimum atomic E-state index is -3.06. The van der Waals surface area contributed by atoms with E-state index in [4.69, 9.17) is 16.7 Å². The molecule has 17 heavy (non-hydrogen) atoms. The topological polar surface area (TPSA) is 32.3 Å². The van der Waals surface area contributed by atoms with Crippen molar-refractivity contribution < 1.29 is 13.9 Å². The molecule has 0 saturated heterocycles. The molecule has 1 aliphatic carbocycles. The van der Waals surface area contributed by atoms with Gasteiger partial charge in [-0.25, -0.2) is 8.78 Å². The number of nitrogens with one attached hydrogen (secondary N) is 1. The first-order valence-electron chi connectivity index (χ1n) is 5.52. The first kappa shape index (κ1) is 13.2. The van der Waals surface area contributed by atoms with Gasteiger partial charge in [-0.05, 0) is 30.9 Å². The molecule has 6 heteroatoms. The Kier molecular flexibility index (Phi) is 4.02. The van der Waals surface area contributed by atoms with Crippen molar-refractivity contribution in [1.29, 1.82) is 0 Å². The molecule has 2 nitrogen and oxygen atoms in total. The lowest BCUT2D eigenvalue weighted by Gasteiger charge is -2.25. The normalized spacial score (nSPS) is 20.4. The van der Waals surface area contributed by atoms with Crippen LogP contribution in [0.5, 0.6) is 0 Å². The molecule has 2 rings (SSSR count). The fourth-order valence-electron chi connectivity index (χ4n) is 2.06. The number of aliphatic hydroxyl groups is 1. The van der Waals surface area contributed by atoms with Crippen molar-refractivity contribution in [2.45, 2.75) is 31.2 Å². The van der Waals surface area contributed by atoms with E-state index in [9.17, 15) is 8.78 Å². The molecule has 1 aromatic rings. The van der Waals surface area contributed by atoms with Crippen LogP contribution in [0.4, 0.5) is 8.78 Å². The van der Waals surface area contributed by atoms with E-state index in [1.165, 1.54) is 16.2 Å². The highest BCUT2D eigenvalue weighted by atomic mass is 35.5. The lowest BCUT2D eigenvalue weighted by Crippen LogP contribution is -2.38. The summed E-state index contributed by atoms with van der Waals surface area (Å²) in [6.45, 7) is -1.62. The van der Waals surface area contributed by atoms with Crippen molar-refractivity contribution in [2.75, 3.05) is 13.2 Å². The predicted molar refractivity (Wildman–Crippen MR) is 65.0 cm³/mol. The molecular formula is C11H14ClF2NOS. The Morgan fingerprint density at radius 3 is 3.06 bits per heavy atom. The molecular weight excluding hydrogens is 268 g/mol. The van der Waals surface area contributed by atoms with Gasteiger partial charge in [0, 0.05) is 10.9 Å². The largest absolute Gasteiger partial charge is 0.390 e. The van der Waals surface area contributed by atoms with E-state index >= 15 is 0 Å². The molecule has 0 radical (unpaired) electrons. The lowest BCUT2D eigenvalue weighted by molar-refractivity contribution is -0.0496. The molecule has 2 N–H and O–H groups in total. The molecule has 1 heterocycles. The summed E-state index contributed by atoms with van der Waals surface area (Å²) in [6.07, 6.45) is 2.79. The van der Waals surface area contributed by atoms with Crippen LogP contribution in [-0.2, 0) is 6.42 Å². The monoisotopic (exact) mass is 281 g/mol. The van der Waals surface area contributed by atoms with Crippen LogP contribution < -0.4 is 5.32 Å². The van der Waals surface area contributed by atoms with Gasteiger partial charge >= 0.3 is 0 Å². The molecule has 1 unspecified atom stereocenters. The fraction of sp³-hybridized carbons (Fsp3) is 0.636. The van der Waals surface area contributed by atoms with Crippen molar-refractivity contribution in [3.63, 3.8) is 0 Å². The Morgan fingerprint density at radius 2 is 2.35 bits per heavy atom. The van der Waals surface area contributed by atoms with Gasteiger partial charge in [0.2, 0.25) is 0 Å². The minimum absolute atomic E-state index is 0.0695. The van der Waals surface area contributed by atoms with E-state index in [0.29, 0.717) is 4.34 Å². The third-order valence-corrected chi connectivity index (χ3v) is 4.26. The number of hydrogen-bond donors (Lipinski definition) is 2. The molecule has 0 fully saturated rings. The maximum Gasteiger partial charge on any atom is 0.282 e. The third-order valence-electron chi connectivity index (χ3n) is 2.92. The Morgan fingerprint density at radius 1 is 1.59 bits per heavy atom. The summed E-state index contributed by atoms with van der Waals surface area (Å²) in [4.78, 5) is 1.19. The van der Waals surface area contributed by atoms with Gasteiger partial charge in [0.1, 0.15) is 6.61 Å². The first-order valence-corrected chi connectivity index (χ1v) is 6.71. The average molecular weight is 282 g/mol. The van der Waals surface area contributed by atoms with Gasteiger partial charge in [-0.3, -0.25) is 0 Å². The standard InChI is InChI=1S/C11H14ClF2NOS/c12-10-4-7-8(2-1-3-9(7)17-10)15-5-11(13,14)6-16/h4,8,15-16H,1-3,5-6H2. The van der Waals surface area contributed by atoms with Crippen LogP contribution in [0.25, 0.3) is 0 Å². The highest BCUT2D eigenvalue weighted by Gasteiger charge is 2.30. The fourth-order valence-corrected chi connectivity index (χ4v) is 3.45. The van der Waals surface area contributed by atoms with Gasteiger partial charge in [-0.2, -0.15) is 0 Å². The van der Waals surface area contributed by atoms with Crippen molar-refractivity contribution >= 4 is 22.9 Å². The molecule has 1 aliphatic rings. The van der Waals surface area contributed by atoms with Gasteiger partial charge in [0.15, 0.2) is 0 Å². The predicted octanol–water partition coefficient (Wildman–Crippen LogP) is 3.00. The summed E-state index contributed by atoms with van der Waals surface area (Å²) in [5.41, 5.74) is 1.04. The van der Waals surface area contributed by atoms with Gasteiger partial charge in [-0.1, -0.05) is 11.6 Å². The van der Waals surface area contributed by atoms with Crippen LogP contribution in [0.15, 0.2) is 6.07 Å². The molecule has 96 valence electrons. The summed E-state index contributed by atoms with van der Waals surface area (Å²) in [5, 5.41) is 11.3. The van der Waals surface area contributed by atoms with Crippen LogP contribution in [0.3, 0.4) is 0 Å².